The van der Waals surface area contributed by atoms with Crippen molar-refractivity contribution >= 4 is 27.5 Å². The molecular formula is C13H7BrF4N2O2. The number of nitrogens with one attached hydrogen (secondary N) is 1. The molecule has 2 rings (SSSR count). The quantitative estimate of drug-likeness (QED) is 0.777. The van der Waals surface area contributed by atoms with Gasteiger partial charge in [0.1, 0.15) is 5.69 Å². The molecule has 0 radical (unpaired) electrons. The molecule has 0 bridgehead atoms. The first-order valence-electron chi connectivity index (χ1n) is 5.71. The Morgan fingerprint density at radius 3 is 2.59 bits per heavy atom. The maximum Gasteiger partial charge on any atom is 0.433 e. The van der Waals surface area contributed by atoms with Gasteiger partial charge in [0.2, 0.25) is 0 Å². The molecule has 2 N–H and O–H groups in total. The van der Waals surface area contributed by atoms with Crippen LogP contribution in [0.25, 0.3) is 0 Å². The molecule has 0 saturated carbocycles. The summed E-state index contributed by atoms with van der Waals surface area (Å²) in [6.45, 7) is 0. The van der Waals surface area contributed by atoms with Crippen molar-refractivity contribution in [2.24, 2.45) is 0 Å². The van der Waals surface area contributed by atoms with Crippen LogP contribution in [0.2, 0.25) is 0 Å². The third-order valence-electron chi connectivity index (χ3n) is 2.57. The van der Waals surface area contributed by atoms with Gasteiger partial charge in [-0.25, -0.2) is 4.39 Å². The fourth-order valence-corrected chi connectivity index (χ4v) is 2.05. The number of hydrogen-bond acceptors (Lipinski definition) is 3. The topological polar surface area (TPSA) is 62.2 Å². The van der Waals surface area contributed by atoms with Gasteiger partial charge in [0.25, 0.3) is 5.91 Å². The molecule has 0 aliphatic heterocycles. The van der Waals surface area contributed by atoms with Crippen molar-refractivity contribution in [3.63, 3.8) is 0 Å². The maximum absolute atomic E-state index is 13.7. The minimum atomic E-state index is -4.67. The summed E-state index contributed by atoms with van der Waals surface area (Å²) in [6, 6.07) is 3.88. The van der Waals surface area contributed by atoms with E-state index in [9.17, 15) is 27.5 Å². The van der Waals surface area contributed by atoms with E-state index in [-0.39, 0.29) is 10.2 Å². The Bertz CT molecular complexity index is 734. The Morgan fingerprint density at radius 2 is 1.95 bits per heavy atom. The van der Waals surface area contributed by atoms with E-state index >= 15 is 0 Å². The van der Waals surface area contributed by atoms with Crippen molar-refractivity contribution < 1.29 is 27.5 Å². The summed E-state index contributed by atoms with van der Waals surface area (Å²) in [7, 11) is 0. The lowest BCUT2D eigenvalue weighted by atomic mass is 10.2. The molecule has 1 aromatic heterocycles. The van der Waals surface area contributed by atoms with Crippen LogP contribution in [-0.4, -0.2) is 16.0 Å². The van der Waals surface area contributed by atoms with Gasteiger partial charge in [0, 0.05) is 16.4 Å². The molecule has 0 aliphatic rings. The molecule has 4 nitrogen and oxygen atoms in total. The number of hydrogen-bond donors (Lipinski definition) is 2. The van der Waals surface area contributed by atoms with Crippen LogP contribution in [0, 0.1) is 5.82 Å². The molecular weight excluding hydrogens is 372 g/mol. The average Bonchev–Trinajstić information content (AvgIpc) is 2.42. The maximum atomic E-state index is 13.7. The molecule has 2 aromatic rings. The van der Waals surface area contributed by atoms with Crippen LogP contribution < -0.4 is 5.32 Å². The second-order valence-corrected chi connectivity index (χ2v) is 5.08. The Hall–Kier alpha value is -2.16. The number of amides is 1. The zero-order chi connectivity index (χ0) is 16.5. The largest absolute Gasteiger partial charge is 0.505 e. The second-order valence-electron chi connectivity index (χ2n) is 4.17. The zero-order valence-corrected chi connectivity index (χ0v) is 12.2. The number of alkyl halides is 3. The molecule has 1 amide bonds. The molecule has 116 valence electrons. The Labute approximate surface area is 129 Å². The first-order valence-corrected chi connectivity index (χ1v) is 6.50. The number of benzene rings is 1. The predicted molar refractivity (Wildman–Crippen MR) is 73.0 cm³/mol. The van der Waals surface area contributed by atoms with Crippen LogP contribution in [0.15, 0.2) is 34.9 Å². The zero-order valence-electron chi connectivity index (χ0n) is 10.6. The monoisotopic (exact) mass is 378 g/mol. The number of aromatic nitrogens is 1. The van der Waals surface area contributed by atoms with E-state index < -0.39 is 34.9 Å². The van der Waals surface area contributed by atoms with Gasteiger partial charge in [-0.15, -0.1) is 0 Å². The summed E-state index contributed by atoms with van der Waals surface area (Å²) in [5.74, 6) is -2.94. The fraction of sp³-hybridized carbons (Fsp3) is 0.0769. The molecule has 1 heterocycles. The molecule has 0 aliphatic carbocycles. The molecule has 22 heavy (non-hydrogen) atoms. The number of carbonyl (C=O) groups excluding carboxylic acids is 1. The third kappa shape index (κ3) is 3.53. The Morgan fingerprint density at radius 1 is 1.27 bits per heavy atom. The first kappa shape index (κ1) is 16.2. The van der Waals surface area contributed by atoms with Crippen LogP contribution >= 0.6 is 15.9 Å². The van der Waals surface area contributed by atoms with Gasteiger partial charge in [0.15, 0.2) is 11.6 Å². The fourth-order valence-electron chi connectivity index (χ4n) is 1.60. The molecule has 0 fully saturated rings. The average molecular weight is 379 g/mol. The van der Waals surface area contributed by atoms with Crippen LogP contribution in [0.5, 0.6) is 5.75 Å². The lowest BCUT2D eigenvalue weighted by molar-refractivity contribution is -0.141. The first-order chi connectivity index (χ1) is 10.2. The normalized spacial score (nSPS) is 11.3. The summed E-state index contributed by atoms with van der Waals surface area (Å²) < 4.78 is 51.5. The highest BCUT2D eigenvalue weighted by atomic mass is 79.9. The van der Waals surface area contributed by atoms with E-state index in [4.69, 9.17) is 0 Å². The number of carbonyl (C=O) groups is 1. The van der Waals surface area contributed by atoms with E-state index in [1.165, 1.54) is 0 Å². The highest BCUT2D eigenvalue weighted by molar-refractivity contribution is 9.10. The van der Waals surface area contributed by atoms with Crippen molar-refractivity contribution in [3.8, 4) is 5.75 Å². The van der Waals surface area contributed by atoms with E-state index in [1.807, 2.05) is 0 Å². The van der Waals surface area contributed by atoms with E-state index in [0.29, 0.717) is 6.07 Å². The minimum absolute atomic E-state index is 0.203. The van der Waals surface area contributed by atoms with Crippen LogP contribution in [0.4, 0.5) is 23.2 Å². The SMILES string of the molecule is O=C(Nc1ccnc(C(F)(F)F)c1)c1cc(Br)cc(O)c1F. The smallest absolute Gasteiger partial charge is 0.433 e. The van der Waals surface area contributed by atoms with Crippen molar-refractivity contribution in [3.05, 3.63) is 52.0 Å². The van der Waals surface area contributed by atoms with Crippen molar-refractivity contribution in [1.82, 2.24) is 4.98 Å². The van der Waals surface area contributed by atoms with E-state index in [1.54, 1.807) is 0 Å². The van der Waals surface area contributed by atoms with Gasteiger partial charge < -0.3 is 10.4 Å². The summed E-state index contributed by atoms with van der Waals surface area (Å²) in [4.78, 5) is 15.1. The summed E-state index contributed by atoms with van der Waals surface area (Å²) in [5, 5.41) is 11.4. The second kappa shape index (κ2) is 5.91. The van der Waals surface area contributed by atoms with Crippen LogP contribution in [0.1, 0.15) is 16.1 Å². The number of pyridine rings is 1. The lowest BCUT2D eigenvalue weighted by Gasteiger charge is -2.10. The van der Waals surface area contributed by atoms with E-state index in [2.05, 4.69) is 26.2 Å². The van der Waals surface area contributed by atoms with Crippen molar-refractivity contribution in [2.75, 3.05) is 5.32 Å². The lowest BCUT2D eigenvalue weighted by Crippen LogP contribution is -2.15. The number of halogens is 5. The number of nitrogens with zero attached hydrogens (tertiary/aromatic N) is 1. The third-order valence-corrected chi connectivity index (χ3v) is 3.03. The molecule has 0 saturated heterocycles. The van der Waals surface area contributed by atoms with Gasteiger partial charge in [-0.05, 0) is 24.3 Å². The highest BCUT2D eigenvalue weighted by Crippen LogP contribution is 2.29. The van der Waals surface area contributed by atoms with Crippen molar-refractivity contribution in [1.29, 1.82) is 0 Å². The summed E-state index contributed by atoms with van der Waals surface area (Å²) >= 11 is 2.97. The highest BCUT2D eigenvalue weighted by Gasteiger charge is 2.32. The van der Waals surface area contributed by atoms with Crippen molar-refractivity contribution in [2.45, 2.75) is 6.18 Å². The summed E-state index contributed by atoms with van der Waals surface area (Å²) in [5.41, 5.74) is -1.91. The standard InChI is InChI=1S/C13H7BrF4N2O2/c14-6-3-8(11(15)9(21)4-6)12(22)20-7-1-2-19-10(5-7)13(16,17)18/h1-5,21H,(H,19,20,22). The molecule has 0 spiro atoms. The van der Waals surface area contributed by atoms with Gasteiger partial charge in [0.05, 0.1) is 5.56 Å². The molecule has 9 heteroatoms. The summed E-state index contributed by atoms with van der Waals surface area (Å²) in [6.07, 6.45) is -3.80. The van der Waals surface area contributed by atoms with E-state index in [0.717, 1.165) is 24.4 Å². The minimum Gasteiger partial charge on any atom is -0.505 e. The number of phenols is 1. The number of anilines is 1. The van der Waals surface area contributed by atoms with Gasteiger partial charge >= 0.3 is 6.18 Å². The molecule has 0 atom stereocenters. The molecule has 0 unspecified atom stereocenters. The Balaban J connectivity index is 2.30. The molecule has 1 aromatic carbocycles. The Kier molecular flexibility index (Phi) is 4.36. The predicted octanol–water partition coefficient (Wildman–Crippen LogP) is 3.96. The van der Waals surface area contributed by atoms with Crippen LogP contribution in [0.3, 0.4) is 0 Å². The number of aromatic hydroxyl groups is 1. The van der Waals surface area contributed by atoms with Crippen LogP contribution in [-0.2, 0) is 6.18 Å². The van der Waals surface area contributed by atoms with Gasteiger partial charge in [-0.3, -0.25) is 9.78 Å². The number of rotatable bonds is 2. The number of phenolic OH excluding ortho intramolecular Hbond substituents is 1. The van der Waals surface area contributed by atoms with Gasteiger partial charge in [-0.2, -0.15) is 13.2 Å². The van der Waals surface area contributed by atoms with Gasteiger partial charge in [-0.1, -0.05) is 15.9 Å².